The van der Waals surface area contributed by atoms with Crippen LogP contribution in [0.15, 0.2) is 6.07 Å². The van der Waals surface area contributed by atoms with Crippen LogP contribution in [0.5, 0.6) is 5.88 Å². The van der Waals surface area contributed by atoms with Crippen LogP contribution in [-0.2, 0) is 4.74 Å². The summed E-state index contributed by atoms with van der Waals surface area (Å²) in [6.07, 6.45) is 0.481. The molecule has 1 aromatic heterocycles. The smallest absolute Gasteiger partial charge is 0.356 e. The van der Waals surface area contributed by atoms with E-state index >= 15 is 0 Å². The van der Waals surface area contributed by atoms with Crippen LogP contribution >= 0.6 is 0 Å². The third kappa shape index (κ3) is 4.07. The minimum Gasteiger partial charge on any atom is -0.470 e. The van der Waals surface area contributed by atoms with Crippen LogP contribution < -0.4 is 4.74 Å². The van der Waals surface area contributed by atoms with Gasteiger partial charge in [0.15, 0.2) is 0 Å². The van der Waals surface area contributed by atoms with E-state index in [1.54, 1.807) is 6.92 Å². The average molecular weight is 242 g/mol. The van der Waals surface area contributed by atoms with Crippen LogP contribution in [0.3, 0.4) is 0 Å². The summed E-state index contributed by atoms with van der Waals surface area (Å²) >= 11 is 0. The molecule has 0 bridgehead atoms. The summed E-state index contributed by atoms with van der Waals surface area (Å²) in [5, 5.41) is 15.3. The Kier molecular flexibility index (Phi) is 4.51. The lowest BCUT2D eigenvalue weighted by atomic mass is 10.1. The zero-order valence-electron chi connectivity index (χ0n) is 10.3. The third-order valence-electron chi connectivity index (χ3n) is 2.14. The van der Waals surface area contributed by atoms with Gasteiger partial charge in [0.2, 0.25) is 5.88 Å². The van der Waals surface area contributed by atoms with Crippen molar-refractivity contribution in [2.45, 2.75) is 32.8 Å². The van der Waals surface area contributed by atoms with Gasteiger partial charge in [-0.3, -0.25) is 5.10 Å². The minimum absolute atomic E-state index is 0.0299. The van der Waals surface area contributed by atoms with Gasteiger partial charge in [-0.1, -0.05) is 0 Å². The van der Waals surface area contributed by atoms with Crippen molar-refractivity contribution in [3.63, 3.8) is 0 Å². The van der Waals surface area contributed by atoms with Crippen molar-refractivity contribution >= 4 is 5.97 Å². The first kappa shape index (κ1) is 13.5. The first-order chi connectivity index (χ1) is 7.98. The maximum Gasteiger partial charge on any atom is 0.356 e. The summed E-state index contributed by atoms with van der Waals surface area (Å²) in [7, 11) is 0. The van der Waals surface area contributed by atoms with Crippen LogP contribution in [-0.4, -0.2) is 40.1 Å². The van der Waals surface area contributed by atoms with Gasteiger partial charge < -0.3 is 14.6 Å². The van der Waals surface area contributed by atoms with E-state index in [0.717, 1.165) is 0 Å². The molecule has 1 rings (SSSR count). The van der Waals surface area contributed by atoms with E-state index in [4.69, 9.17) is 14.6 Å². The van der Waals surface area contributed by atoms with Gasteiger partial charge in [0, 0.05) is 19.1 Å². The minimum atomic E-state index is -0.532. The number of aliphatic hydroxyl groups is 1. The van der Waals surface area contributed by atoms with Crippen LogP contribution in [0.1, 0.15) is 37.7 Å². The summed E-state index contributed by atoms with van der Waals surface area (Å²) in [4.78, 5) is 11.4. The van der Waals surface area contributed by atoms with Gasteiger partial charge in [0.05, 0.1) is 6.61 Å². The zero-order chi connectivity index (χ0) is 12.9. The molecule has 0 atom stereocenters. The van der Waals surface area contributed by atoms with Crippen molar-refractivity contribution in [3.05, 3.63) is 11.8 Å². The molecule has 96 valence electrons. The number of carbonyl (C=O) groups is 1. The monoisotopic (exact) mass is 242 g/mol. The fraction of sp³-hybridized carbons (Fsp3) is 0.636. The van der Waals surface area contributed by atoms with Gasteiger partial charge in [0.1, 0.15) is 11.3 Å². The van der Waals surface area contributed by atoms with Gasteiger partial charge in [-0.2, -0.15) is 0 Å². The van der Waals surface area contributed by atoms with Crippen molar-refractivity contribution in [2.75, 3.05) is 13.2 Å². The Labute approximate surface area is 99.9 Å². The summed E-state index contributed by atoms with van der Waals surface area (Å²) in [5.41, 5.74) is -0.280. The molecule has 17 heavy (non-hydrogen) atoms. The second kappa shape index (κ2) is 5.67. The summed E-state index contributed by atoms with van der Waals surface area (Å²) in [6, 6.07) is 1.48. The molecule has 0 aliphatic heterocycles. The van der Waals surface area contributed by atoms with E-state index in [1.807, 2.05) is 13.8 Å². The molecule has 0 radical (unpaired) electrons. The number of H-pyrrole nitrogens is 1. The van der Waals surface area contributed by atoms with E-state index in [9.17, 15) is 4.79 Å². The van der Waals surface area contributed by atoms with Gasteiger partial charge in [0.25, 0.3) is 0 Å². The number of nitrogens with one attached hydrogen (secondary N) is 1. The highest BCUT2D eigenvalue weighted by atomic mass is 16.5. The number of ether oxygens (including phenoxy) is 2. The highest BCUT2D eigenvalue weighted by molar-refractivity contribution is 5.87. The second-order valence-corrected chi connectivity index (χ2v) is 4.18. The van der Waals surface area contributed by atoms with Crippen LogP contribution in [0.2, 0.25) is 0 Å². The van der Waals surface area contributed by atoms with Crippen LogP contribution in [0.25, 0.3) is 0 Å². The molecular weight excluding hydrogens is 224 g/mol. The first-order valence-corrected chi connectivity index (χ1v) is 5.51. The standard InChI is InChI=1S/C11H18N2O4/c1-4-16-10(15)8-7-9(13-12-8)17-11(2,3)5-6-14/h7,14H,4-6H2,1-3H3,(H,12,13). The van der Waals surface area contributed by atoms with Crippen LogP contribution in [0, 0.1) is 0 Å². The highest BCUT2D eigenvalue weighted by Crippen LogP contribution is 2.19. The Morgan fingerprint density at radius 3 is 2.88 bits per heavy atom. The number of aromatic nitrogens is 2. The van der Waals surface area contributed by atoms with E-state index < -0.39 is 11.6 Å². The average Bonchev–Trinajstić information content (AvgIpc) is 2.65. The maximum absolute atomic E-state index is 11.4. The molecule has 1 heterocycles. The number of aliphatic hydroxyl groups excluding tert-OH is 1. The highest BCUT2D eigenvalue weighted by Gasteiger charge is 2.21. The topological polar surface area (TPSA) is 84.4 Å². The number of rotatable bonds is 6. The van der Waals surface area contributed by atoms with Crippen LogP contribution in [0.4, 0.5) is 0 Å². The summed E-state index contributed by atoms with van der Waals surface area (Å²) in [5.74, 6) is -0.152. The van der Waals surface area contributed by atoms with Crippen molar-refractivity contribution < 1.29 is 19.4 Å². The molecule has 0 aliphatic carbocycles. The number of hydrogen-bond acceptors (Lipinski definition) is 5. The maximum atomic E-state index is 11.4. The van der Waals surface area contributed by atoms with Gasteiger partial charge in [-0.05, 0) is 20.8 Å². The molecule has 0 amide bonds. The quantitative estimate of drug-likeness (QED) is 0.730. The molecule has 0 fully saturated rings. The van der Waals surface area contributed by atoms with Crippen molar-refractivity contribution in [1.29, 1.82) is 0 Å². The van der Waals surface area contributed by atoms with Gasteiger partial charge in [-0.25, -0.2) is 4.79 Å². The molecule has 1 aromatic rings. The molecule has 0 saturated heterocycles. The Hall–Kier alpha value is -1.56. The Balaban J connectivity index is 2.65. The van der Waals surface area contributed by atoms with E-state index in [2.05, 4.69) is 10.2 Å². The molecular formula is C11H18N2O4. The van der Waals surface area contributed by atoms with Gasteiger partial charge >= 0.3 is 5.97 Å². The Morgan fingerprint density at radius 2 is 2.29 bits per heavy atom. The molecule has 6 nitrogen and oxygen atoms in total. The van der Waals surface area contributed by atoms with Gasteiger partial charge in [-0.15, -0.1) is 5.10 Å². The Morgan fingerprint density at radius 1 is 1.59 bits per heavy atom. The lowest BCUT2D eigenvalue weighted by molar-refractivity contribution is 0.0518. The molecule has 6 heteroatoms. The first-order valence-electron chi connectivity index (χ1n) is 5.51. The number of nitrogens with zero attached hydrogens (tertiary/aromatic N) is 1. The molecule has 0 unspecified atom stereocenters. The fourth-order valence-electron chi connectivity index (χ4n) is 1.27. The lowest BCUT2D eigenvalue weighted by Crippen LogP contribution is -2.29. The number of carbonyl (C=O) groups excluding carboxylic acids is 1. The number of esters is 1. The van der Waals surface area contributed by atoms with Crippen molar-refractivity contribution in [3.8, 4) is 5.88 Å². The van der Waals surface area contributed by atoms with Crippen molar-refractivity contribution in [1.82, 2.24) is 10.2 Å². The predicted octanol–water partition coefficient (Wildman–Crippen LogP) is 1.13. The van der Waals surface area contributed by atoms with E-state index in [-0.39, 0.29) is 12.3 Å². The molecule has 2 N–H and O–H groups in total. The van der Waals surface area contributed by atoms with E-state index in [0.29, 0.717) is 18.9 Å². The Bertz CT molecular complexity index is 373. The number of aromatic amines is 1. The number of hydrogen-bond donors (Lipinski definition) is 2. The van der Waals surface area contributed by atoms with E-state index in [1.165, 1.54) is 6.07 Å². The summed E-state index contributed by atoms with van der Waals surface area (Å²) < 4.78 is 10.4. The normalized spacial score (nSPS) is 11.3. The second-order valence-electron chi connectivity index (χ2n) is 4.18. The summed E-state index contributed by atoms with van der Waals surface area (Å²) in [6.45, 7) is 5.74. The lowest BCUT2D eigenvalue weighted by Gasteiger charge is -2.23. The predicted molar refractivity (Wildman–Crippen MR) is 61.0 cm³/mol. The molecule has 0 spiro atoms. The third-order valence-corrected chi connectivity index (χ3v) is 2.14. The fourth-order valence-corrected chi connectivity index (χ4v) is 1.27. The zero-order valence-corrected chi connectivity index (χ0v) is 10.3. The molecule has 0 aliphatic rings. The van der Waals surface area contributed by atoms with Crippen molar-refractivity contribution in [2.24, 2.45) is 0 Å². The SMILES string of the molecule is CCOC(=O)c1cc(OC(C)(C)CCO)n[nH]1. The largest absolute Gasteiger partial charge is 0.470 e. The molecule has 0 saturated carbocycles. The molecule has 0 aromatic carbocycles.